The minimum atomic E-state index is -0.907. The standard InChI is InChI=1S/C19H18FNO3/c1-12-9-14(20)7-8-15(12)18(22)21-10-16(17(11-21)19(23)24)13-5-3-2-4-6-13/h2-9,16-17H,10-11H2,1H3,(H,23,24)/t16-,17-/m0/s1. The molecular formula is C19H18FNO3. The number of carbonyl (C=O) groups excluding carboxylic acids is 1. The van der Waals surface area contributed by atoms with E-state index in [1.807, 2.05) is 30.3 Å². The average Bonchev–Trinajstić information content (AvgIpc) is 3.01. The van der Waals surface area contributed by atoms with Gasteiger partial charge in [-0.15, -0.1) is 0 Å². The molecule has 1 fully saturated rings. The van der Waals surface area contributed by atoms with E-state index in [1.165, 1.54) is 18.2 Å². The van der Waals surface area contributed by atoms with E-state index in [-0.39, 0.29) is 18.4 Å². The van der Waals surface area contributed by atoms with Crippen LogP contribution in [0.1, 0.15) is 27.4 Å². The van der Waals surface area contributed by atoms with E-state index in [4.69, 9.17) is 0 Å². The summed E-state index contributed by atoms with van der Waals surface area (Å²) in [6.45, 7) is 2.18. The fourth-order valence-corrected chi connectivity index (χ4v) is 3.30. The Balaban J connectivity index is 1.87. The summed E-state index contributed by atoms with van der Waals surface area (Å²) in [6.07, 6.45) is 0. The predicted octanol–water partition coefficient (Wildman–Crippen LogP) is 3.07. The summed E-state index contributed by atoms with van der Waals surface area (Å²) in [5, 5.41) is 9.52. The molecule has 0 bridgehead atoms. The van der Waals surface area contributed by atoms with Gasteiger partial charge in [0.2, 0.25) is 0 Å². The molecule has 1 aliphatic heterocycles. The Morgan fingerprint density at radius 2 is 1.83 bits per heavy atom. The summed E-state index contributed by atoms with van der Waals surface area (Å²) in [4.78, 5) is 25.9. The van der Waals surface area contributed by atoms with Crippen LogP contribution in [-0.2, 0) is 4.79 Å². The van der Waals surface area contributed by atoms with Crippen molar-refractivity contribution in [3.8, 4) is 0 Å². The highest BCUT2D eigenvalue weighted by Gasteiger charge is 2.40. The normalized spacial score (nSPS) is 20.2. The van der Waals surface area contributed by atoms with Gasteiger partial charge in [-0.2, -0.15) is 0 Å². The Morgan fingerprint density at radius 1 is 1.12 bits per heavy atom. The van der Waals surface area contributed by atoms with E-state index in [0.29, 0.717) is 17.7 Å². The van der Waals surface area contributed by atoms with Crippen LogP contribution in [0.25, 0.3) is 0 Å². The first-order chi connectivity index (χ1) is 11.5. The van der Waals surface area contributed by atoms with Gasteiger partial charge in [0.05, 0.1) is 5.92 Å². The lowest BCUT2D eigenvalue weighted by atomic mass is 9.89. The zero-order chi connectivity index (χ0) is 17.3. The van der Waals surface area contributed by atoms with Crippen molar-refractivity contribution < 1.29 is 19.1 Å². The molecule has 0 saturated carbocycles. The number of benzene rings is 2. The van der Waals surface area contributed by atoms with Crippen LogP contribution in [0.5, 0.6) is 0 Å². The van der Waals surface area contributed by atoms with Gasteiger partial charge in [0, 0.05) is 24.6 Å². The zero-order valence-corrected chi connectivity index (χ0v) is 13.3. The number of likely N-dealkylation sites (tertiary alicyclic amines) is 1. The van der Waals surface area contributed by atoms with Crippen molar-refractivity contribution in [1.82, 2.24) is 4.90 Å². The lowest BCUT2D eigenvalue weighted by Gasteiger charge is -2.18. The molecule has 0 unspecified atom stereocenters. The first-order valence-electron chi connectivity index (χ1n) is 7.80. The topological polar surface area (TPSA) is 57.6 Å². The fraction of sp³-hybridized carbons (Fsp3) is 0.263. The maximum Gasteiger partial charge on any atom is 0.308 e. The minimum absolute atomic E-state index is 0.157. The molecule has 0 radical (unpaired) electrons. The molecule has 4 nitrogen and oxygen atoms in total. The van der Waals surface area contributed by atoms with Gasteiger partial charge in [0.25, 0.3) is 5.91 Å². The van der Waals surface area contributed by atoms with Gasteiger partial charge in [0.15, 0.2) is 0 Å². The van der Waals surface area contributed by atoms with Gasteiger partial charge in [-0.05, 0) is 36.2 Å². The van der Waals surface area contributed by atoms with E-state index < -0.39 is 17.7 Å². The number of rotatable bonds is 3. The van der Waals surface area contributed by atoms with Crippen LogP contribution in [0.3, 0.4) is 0 Å². The average molecular weight is 327 g/mol. The van der Waals surface area contributed by atoms with Crippen LogP contribution in [0.15, 0.2) is 48.5 Å². The first kappa shape index (κ1) is 16.2. The van der Waals surface area contributed by atoms with E-state index in [2.05, 4.69) is 0 Å². The molecule has 2 aromatic rings. The van der Waals surface area contributed by atoms with Crippen molar-refractivity contribution in [1.29, 1.82) is 0 Å². The number of carboxylic acids is 1. The summed E-state index contributed by atoms with van der Waals surface area (Å²) in [5.74, 6) is -2.44. The van der Waals surface area contributed by atoms with E-state index in [1.54, 1.807) is 11.8 Å². The maximum atomic E-state index is 13.2. The van der Waals surface area contributed by atoms with Crippen LogP contribution in [0.4, 0.5) is 4.39 Å². The quantitative estimate of drug-likeness (QED) is 0.942. The largest absolute Gasteiger partial charge is 0.481 e. The van der Waals surface area contributed by atoms with Crippen molar-refractivity contribution in [2.75, 3.05) is 13.1 Å². The minimum Gasteiger partial charge on any atom is -0.481 e. The number of hydrogen-bond acceptors (Lipinski definition) is 2. The SMILES string of the molecule is Cc1cc(F)ccc1C(=O)N1C[C@H](C(=O)O)[C@H](c2ccccc2)C1. The second-order valence-electron chi connectivity index (χ2n) is 6.13. The van der Waals surface area contributed by atoms with Crippen molar-refractivity contribution >= 4 is 11.9 Å². The Bertz CT molecular complexity index is 775. The van der Waals surface area contributed by atoms with E-state index >= 15 is 0 Å². The van der Waals surface area contributed by atoms with Crippen molar-refractivity contribution in [2.45, 2.75) is 12.8 Å². The van der Waals surface area contributed by atoms with Gasteiger partial charge in [-0.25, -0.2) is 4.39 Å². The van der Waals surface area contributed by atoms with E-state index in [0.717, 1.165) is 5.56 Å². The van der Waals surface area contributed by atoms with Gasteiger partial charge in [0.1, 0.15) is 5.82 Å². The van der Waals surface area contributed by atoms with Crippen molar-refractivity contribution in [2.24, 2.45) is 5.92 Å². The number of nitrogens with zero attached hydrogens (tertiary/aromatic N) is 1. The predicted molar refractivity (Wildman–Crippen MR) is 87.3 cm³/mol. The lowest BCUT2D eigenvalue weighted by molar-refractivity contribution is -0.141. The van der Waals surface area contributed by atoms with Gasteiger partial charge < -0.3 is 10.0 Å². The van der Waals surface area contributed by atoms with Crippen molar-refractivity contribution in [3.05, 3.63) is 71.0 Å². The molecule has 0 spiro atoms. The molecule has 2 atom stereocenters. The van der Waals surface area contributed by atoms with Crippen LogP contribution in [0, 0.1) is 18.7 Å². The Kier molecular flexibility index (Phi) is 4.34. The summed E-state index contributed by atoms with van der Waals surface area (Å²) in [6, 6.07) is 13.4. The monoisotopic (exact) mass is 327 g/mol. The number of carboxylic acid groups (broad SMARTS) is 1. The first-order valence-corrected chi connectivity index (χ1v) is 7.80. The van der Waals surface area contributed by atoms with Crippen LogP contribution in [-0.4, -0.2) is 35.0 Å². The molecule has 5 heteroatoms. The molecule has 24 heavy (non-hydrogen) atoms. The van der Waals surface area contributed by atoms with Gasteiger partial charge in [-0.1, -0.05) is 30.3 Å². The second kappa shape index (κ2) is 6.43. The smallest absolute Gasteiger partial charge is 0.308 e. The molecule has 1 N–H and O–H groups in total. The van der Waals surface area contributed by atoms with Crippen LogP contribution in [0.2, 0.25) is 0 Å². The van der Waals surface area contributed by atoms with E-state index in [9.17, 15) is 19.1 Å². The highest BCUT2D eigenvalue weighted by Crippen LogP contribution is 2.33. The molecule has 0 aliphatic carbocycles. The van der Waals surface area contributed by atoms with Crippen LogP contribution >= 0.6 is 0 Å². The maximum absolute atomic E-state index is 13.2. The van der Waals surface area contributed by atoms with Gasteiger partial charge >= 0.3 is 5.97 Å². The molecule has 1 aliphatic rings. The fourth-order valence-electron chi connectivity index (χ4n) is 3.30. The Morgan fingerprint density at radius 3 is 2.46 bits per heavy atom. The summed E-state index contributed by atoms with van der Waals surface area (Å²) in [7, 11) is 0. The number of carbonyl (C=O) groups is 2. The Labute approximate surface area is 139 Å². The molecule has 0 aromatic heterocycles. The van der Waals surface area contributed by atoms with Crippen molar-refractivity contribution in [3.63, 3.8) is 0 Å². The number of aryl methyl sites for hydroxylation is 1. The Hall–Kier alpha value is -2.69. The molecule has 1 saturated heterocycles. The summed E-state index contributed by atoms with van der Waals surface area (Å²) in [5.41, 5.74) is 1.88. The second-order valence-corrected chi connectivity index (χ2v) is 6.13. The number of halogens is 1. The third kappa shape index (κ3) is 3.02. The molecule has 1 amide bonds. The zero-order valence-electron chi connectivity index (χ0n) is 13.3. The highest BCUT2D eigenvalue weighted by atomic mass is 19.1. The summed E-state index contributed by atoms with van der Waals surface area (Å²) >= 11 is 0. The third-order valence-corrected chi connectivity index (χ3v) is 4.57. The van der Waals surface area contributed by atoms with Gasteiger partial charge in [-0.3, -0.25) is 9.59 Å². The molecule has 2 aromatic carbocycles. The highest BCUT2D eigenvalue weighted by molar-refractivity contribution is 5.96. The lowest BCUT2D eigenvalue weighted by Crippen LogP contribution is -2.30. The molecular weight excluding hydrogens is 309 g/mol. The number of amides is 1. The third-order valence-electron chi connectivity index (χ3n) is 4.57. The number of aliphatic carboxylic acids is 1. The molecule has 1 heterocycles. The molecule has 124 valence electrons. The molecule has 3 rings (SSSR count). The van der Waals surface area contributed by atoms with Crippen LogP contribution < -0.4 is 0 Å². The number of hydrogen-bond donors (Lipinski definition) is 1. The summed E-state index contributed by atoms with van der Waals surface area (Å²) < 4.78 is 13.2.